The van der Waals surface area contributed by atoms with E-state index in [1.807, 2.05) is 0 Å². The second-order valence-electron chi connectivity index (χ2n) is 4.19. The summed E-state index contributed by atoms with van der Waals surface area (Å²) in [4.78, 5) is 0. The van der Waals surface area contributed by atoms with Gasteiger partial charge in [0, 0.05) is 0 Å². The van der Waals surface area contributed by atoms with Gasteiger partial charge in [-0.15, -0.1) is 0 Å². The van der Waals surface area contributed by atoms with Crippen LogP contribution >= 0.6 is 11.8 Å². The van der Waals surface area contributed by atoms with Crippen LogP contribution in [0.1, 0.15) is 25.7 Å². The Balaban J connectivity index is 1.85. The number of thioether (sulfide) groups is 1. The van der Waals surface area contributed by atoms with Crippen LogP contribution in [0.2, 0.25) is 0 Å². The summed E-state index contributed by atoms with van der Waals surface area (Å²) in [5, 5.41) is 0. The van der Waals surface area contributed by atoms with E-state index >= 15 is 0 Å². The minimum Gasteiger partial charge on any atom is -0.330 e. The molecule has 1 heterocycles. The number of rotatable bonds is 3. The maximum atomic E-state index is 5.84. The topological polar surface area (TPSA) is 26.0 Å². The van der Waals surface area contributed by atoms with Gasteiger partial charge in [-0.1, -0.05) is 0 Å². The molecule has 1 nitrogen and oxygen atoms in total. The van der Waals surface area contributed by atoms with E-state index in [1.165, 1.54) is 37.2 Å². The van der Waals surface area contributed by atoms with E-state index in [2.05, 4.69) is 11.8 Å². The average molecular weight is 185 g/mol. The van der Waals surface area contributed by atoms with Gasteiger partial charge in [0.05, 0.1) is 0 Å². The van der Waals surface area contributed by atoms with Gasteiger partial charge < -0.3 is 5.73 Å². The maximum Gasteiger partial charge on any atom is -0.00436 e. The van der Waals surface area contributed by atoms with Crippen LogP contribution in [0.4, 0.5) is 0 Å². The first-order valence-electron chi connectivity index (χ1n) is 5.19. The van der Waals surface area contributed by atoms with Crippen LogP contribution in [-0.2, 0) is 0 Å². The predicted octanol–water partition coefficient (Wildman–Crippen LogP) is 2.11. The lowest BCUT2D eigenvalue weighted by Gasteiger charge is -2.29. The lowest BCUT2D eigenvalue weighted by molar-refractivity contribution is 0.285. The molecular formula is C10H19NS. The van der Waals surface area contributed by atoms with Gasteiger partial charge in [0.15, 0.2) is 0 Å². The van der Waals surface area contributed by atoms with Crippen LogP contribution in [0.3, 0.4) is 0 Å². The van der Waals surface area contributed by atoms with Gasteiger partial charge >= 0.3 is 0 Å². The Hall–Kier alpha value is 0.310. The Morgan fingerprint density at radius 3 is 2.17 bits per heavy atom. The lowest BCUT2D eigenvalue weighted by Crippen LogP contribution is -2.28. The fourth-order valence-corrected chi connectivity index (χ4v) is 3.58. The third-order valence-corrected chi connectivity index (χ3v) is 4.42. The van der Waals surface area contributed by atoms with Crippen molar-refractivity contribution in [3.8, 4) is 0 Å². The molecule has 1 aliphatic heterocycles. The highest BCUT2D eigenvalue weighted by Gasteiger charge is 2.35. The second-order valence-corrected chi connectivity index (χ2v) is 5.41. The van der Waals surface area contributed by atoms with Crippen molar-refractivity contribution < 1.29 is 0 Å². The summed E-state index contributed by atoms with van der Waals surface area (Å²) in [7, 11) is 0. The van der Waals surface area contributed by atoms with E-state index in [4.69, 9.17) is 5.73 Å². The zero-order valence-corrected chi connectivity index (χ0v) is 8.48. The molecule has 0 radical (unpaired) electrons. The van der Waals surface area contributed by atoms with Crippen molar-refractivity contribution in [2.24, 2.45) is 23.5 Å². The summed E-state index contributed by atoms with van der Waals surface area (Å²) in [5.74, 6) is 5.64. The van der Waals surface area contributed by atoms with E-state index in [0.29, 0.717) is 0 Å². The predicted molar refractivity (Wildman–Crippen MR) is 55.3 cm³/mol. The van der Waals surface area contributed by atoms with Crippen LogP contribution in [-0.4, -0.2) is 18.1 Å². The minimum absolute atomic E-state index is 0.880. The first kappa shape index (κ1) is 8.89. The quantitative estimate of drug-likeness (QED) is 0.729. The van der Waals surface area contributed by atoms with Gasteiger partial charge in [-0.2, -0.15) is 11.8 Å². The van der Waals surface area contributed by atoms with Crippen molar-refractivity contribution in [1.82, 2.24) is 0 Å². The molecule has 2 aliphatic rings. The molecule has 2 rings (SSSR count). The van der Waals surface area contributed by atoms with E-state index in [0.717, 1.165) is 24.3 Å². The minimum atomic E-state index is 0.880. The molecule has 1 saturated carbocycles. The molecule has 0 spiro atoms. The smallest absolute Gasteiger partial charge is 0.00436 e. The summed E-state index contributed by atoms with van der Waals surface area (Å²) in [5.41, 5.74) is 5.84. The van der Waals surface area contributed by atoms with Gasteiger partial charge in [0.2, 0.25) is 0 Å². The molecule has 0 aromatic rings. The van der Waals surface area contributed by atoms with Crippen LogP contribution in [0.5, 0.6) is 0 Å². The molecule has 0 bridgehead atoms. The maximum absolute atomic E-state index is 5.84. The molecule has 12 heavy (non-hydrogen) atoms. The molecule has 1 atom stereocenters. The number of hydrogen-bond donors (Lipinski definition) is 1. The summed E-state index contributed by atoms with van der Waals surface area (Å²) >= 11 is 2.12. The SMILES string of the molecule is NCC(C1CCSCC1)C1CC1. The van der Waals surface area contributed by atoms with Crippen molar-refractivity contribution in [3.05, 3.63) is 0 Å². The molecule has 2 fully saturated rings. The van der Waals surface area contributed by atoms with Crippen molar-refractivity contribution in [2.45, 2.75) is 25.7 Å². The van der Waals surface area contributed by atoms with Crippen molar-refractivity contribution in [2.75, 3.05) is 18.1 Å². The highest BCUT2D eigenvalue weighted by Crippen LogP contribution is 2.43. The average Bonchev–Trinajstić information content (AvgIpc) is 2.92. The van der Waals surface area contributed by atoms with Crippen LogP contribution in [0.25, 0.3) is 0 Å². The largest absolute Gasteiger partial charge is 0.330 e. The Bertz CT molecular complexity index is 139. The Labute approximate surface area is 79.5 Å². The fourth-order valence-electron chi connectivity index (χ4n) is 2.44. The molecule has 0 amide bonds. The number of hydrogen-bond acceptors (Lipinski definition) is 2. The molecule has 0 aromatic carbocycles. The Kier molecular flexibility index (Phi) is 2.97. The molecule has 2 heteroatoms. The zero-order chi connectivity index (χ0) is 8.39. The molecule has 1 aliphatic carbocycles. The highest BCUT2D eigenvalue weighted by atomic mass is 32.2. The van der Waals surface area contributed by atoms with E-state index in [1.54, 1.807) is 0 Å². The number of nitrogens with two attached hydrogens (primary N) is 1. The molecule has 0 aromatic heterocycles. The van der Waals surface area contributed by atoms with E-state index < -0.39 is 0 Å². The van der Waals surface area contributed by atoms with E-state index in [-0.39, 0.29) is 0 Å². The molecule has 1 saturated heterocycles. The zero-order valence-electron chi connectivity index (χ0n) is 7.67. The first-order chi connectivity index (χ1) is 5.92. The van der Waals surface area contributed by atoms with Gasteiger partial charge in [-0.3, -0.25) is 0 Å². The van der Waals surface area contributed by atoms with Crippen LogP contribution in [0, 0.1) is 17.8 Å². The van der Waals surface area contributed by atoms with Crippen molar-refractivity contribution in [1.29, 1.82) is 0 Å². The van der Waals surface area contributed by atoms with E-state index in [9.17, 15) is 0 Å². The van der Waals surface area contributed by atoms with Crippen molar-refractivity contribution in [3.63, 3.8) is 0 Å². The Morgan fingerprint density at radius 1 is 1.08 bits per heavy atom. The monoisotopic (exact) mass is 185 g/mol. The van der Waals surface area contributed by atoms with Gasteiger partial charge in [0.1, 0.15) is 0 Å². The van der Waals surface area contributed by atoms with Gasteiger partial charge in [-0.05, 0) is 61.5 Å². The van der Waals surface area contributed by atoms with Crippen molar-refractivity contribution >= 4 is 11.8 Å². The molecule has 1 unspecified atom stereocenters. The Morgan fingerprint density at radius 2 is 1.67 bits per heavy atom. The molecule has 70 valence electrons. The molecule has 2 N–H and O–H groups in total. The standard InChI is InChI=1S/C10H19NS/c11-7-10(8-1-2-8)9-3-5-12-6-4-9/h8-10H,1-7,11H2. The molecular weight excluding hydrogens is 166 g/mol. The normalized spacial score (nSPS) is 28.8. The summed E-state index contributed by atoms with van der Waals surface area (Å²) in [6, 6.07) is 0. The lowest BCUT2D eigenvalue weighted by atomic mass is 9.84. The fraction of sp³-hybridized carbons (Fsp3) is 1.00. The summed E-state index contributed by atoms with van der Waals surface area (Å²) in [6.45, 7) is 0.944. The second kappa shape index (κ2) is 4.01. The van der Waals surface area contributed by atoms with Gasteiger partial charge in [-0.25, -0.2) is 0 Å². The first-order valence-corrected chi connectivity index (χ1v) is 6.35. The summed E-state index contributed by atoms with van der Waals surface area (Å²) in [6.07, 6.45) is 5.79. The van der Waals surface area contributed by atoms with Crippen LogP contribution in [0.15, 0.2) is 0 Å². The summed E-state index contributed by atoms with van der Waals surface area (Å²) < 4.78 is 0. The highest BCUT2D eigenvalue weighted by molar-refractivity contribution is 7.99. The third-order valence-electron chi connectivity index (χ3n) is 3.37. The third kappa shape index (κ3) is 1.97. The van der Waals surface area contributed by atoms with Crippen LogP contribution < -0.4 is 5.73 Å². The van der Waals surface area contributed by atoms with Gasteiger partial charge in [0.25, 0.3) is 0 Å².